The molecule has 3 aromatic rings. The molecule has 7 nitrogen and oxygen atoms in total. The number of amides is 1. The maximum absolute atomic E-state index is 11.9. The van der Waals surface area contributed by atoms with Crippen molar-refractivity contribution in [3.05, 3.63) is 55.0 Å². The van der Waals surface area contributed by atoms with Crippen LogP contribution in [0.5, 0.6) is 11.8 Å². The first-order valence-corrected chi connectivity index (χ1v) is 7.27. The van der Waals surface area contributed by atoms with E-state index in [-0.39, 0.29) is 18.5 Å². The number of benzene rings is 1. The molecule has 0 unspecified atom stereocenters. The van der Waals surface area contributed by atoms with Gasteiger partial charge in [0.2, 0.25) is 0 Å². The maximum atomic E-state index is 11.9. The Balaban J connectivity index is 1.56. The largest absolute Gasteiger partial charge is 0.497 e. The standard InChI is InChI=1S/C17H16N4O3/c1-23-14-4-2-3-13(9-14)20-16(22)11-24-17-19-10-15(21-17)12-5-7-18-8-6-12/h2-10H,11H2,1H3,(H,19,21)(H,20,22). The number of rotatable bonds is 6. The number of aromatic amines is 1. The summed E-state index contributed by atoms with van der Waals surface area (Å²) in [5, 5.41) is 2.73. The molecule has 0 radical (unpaired) electrons. The molecule has 122 valence electrons. The average molecular weight is 324 g/mol. The Morgan fingerprint density at radius 3 is 2.88 bits per heavy atom. The van der Waals surface area contributed by atoms with Crippen LogP contribution in [-0.2, 0) is 4.79 Å². The van der Waals surface area contributed by atoms with Gasteiger partial charge in [-0.1, -0.05) is 6.07 Å². The Morgan fingerprint density at radius 2 is 2.08 bits per heavy atom. The highest BCUT2D eigenvalue weighted by Gasteiger charge is 2.08. The van der Waals surface area contributed by atoms with E-state index in [1.54, 1.807) is 50.0 Å². The average Bonchev–Trinajstić information content (AvgIpc) is 3.10. The van der Waals surface area contributed by atoms with Gasteiger partial charge in [-0.05, 0) is 24.3 Å². The molecule has 0 fully saturated rings. The van der Waals surface area contributed by atoms with Gasteiger partial charge >= 0.3 is 0 Å². The first-order chi connectivity index (χ1) is 11.7. The van der Waals surface area contributed by atoms with Crippen LogP contribution >= 0.6 is 0 Å². The number of nitrogens with zero attached hydrogens (tertiary/aromatic N) is 2. The van der Waals surface area contributed by atoms with E-state index in [9.17, 15) is 4.79 Å². The molecule has 1 aromatic carbocycles. The van der Waals surface area contributed by atoms with Gasteiger partial charge < -0.3 is 19.8 Å². The van der Waals surface area contributed by atoms with Crippen LogP contribution in [0.3, 0.4) is 0 Å². The number of nitrogens with one attached hydrogen (secondary N) is 2. The van der Waals surface area contributed by atoms with Crippen molar-refractivity contribution < 1.29 is 14.3 Å². The highest BCUT2D eigenvalue weighted by atomic mass is 16.5. The first-order valence-electron chi connectivity index (χ1n) is 7.27. The van der Waals surface area contributed by atoms with E-state index >= 15 is 0 Å². The van der Waals surface area contributed by atoms with Crippen LogP contribution < -0.4 is 14.8 Å². The Morgan fingerprint density at radius 1 is 1.25 bits per heavy atom. The van der Waals surface area contributed by atoms with E-state index in [4.69, 9.17) is 9.47 Å². The Labute approximate surface area is 138 Å². The summed E-state index contributed by atoms with van der Waals surface area (Å²) in [4.78, 5) is 23.0. The van der Waals surface area contributed by atoms with Crippen LogP contribution in [0.4, 0.5) is 5.69 Å². The van der Waals surface area contributed by atoms with E-state index in [1.165, 1.54) is 0 Å². The second-order valence-corrected chi connectivity index (χ2v) is 4.91. The van der Waals surface area contributed by atoms with E-state index in [0.29, 0.717) is 11.4 Å². The van der Waals surface area contributed by atoms with Crippen molar-refractivity contribution in [2.45, 2.75) is 0 Å². The molecule has 1 amide bonds. The summed E-state index contributed by atoms with van der Waals surface area (Å²) in [5.41, 5.74) is 2.37. The fraction of sp³-hybridized carbons (Fsp3) is 0.118. The summed E-state index contributed by atoms with van der Waals surface area (Å²) >= 11 is 0. The van der Waals surface area contributed by atoms with E-state index in [0.717, 1.165) is 11.3 Å². The molecule has 2 N–H and O–H groups in total. The van der Waals surface area contributed by atoms with E-state index < -0.39 is 0 Å². The van der Waals surface area contributed by atoms with E-state index in [1.807, 2.05) is 12.1 Å². The summed E-state index contributed by atoms with van der Waals surface area (Å²) in [5.74, 6) is 0.381. The zero-order valence-electron chi connectivity index (χ0n) is 13.0. The van der Waals surface area contributed by atoms with Gasteiger partial charge in [0.05, 0.1) is 19.0 Å². The Kier molecular flexibility index (Phi) is 4.71. The smallest absolute Gasteiger partial charge is 0.294 e. The van der Waals surface area contributed by atoms with Crippen LogP contribution in [0.1, 0.15) is 0 Å². The number of carbonyl (C=O) groups excluding carboxylic acids is 1. The fourth-order valence-electron chi connectivity index (χ4n) is 2.09. The summed E-state index contributed by atoms with van der Waals surface area (Å²) in [6.45, 7) is -0.152. The molecule has 0 saturated heterocycles. The van der Waals surface area contributed by atoms with Crippen LogP contribution in [0.25, 0.3) is 11.3 Å². The number of H-pyrrole nitrogens is 1. The molecule has 0 saturated carbocycles. The number of hydrogen-bond donors (Lipinski definition) is 2. The number of methoxy groups -OCH3 is 1. The summed E-state index contributed by atoms with van der Waals surface area (Å²) in [7, 11) is 1.57. The van der Waals surface area contributed by atoms with Crippen molar-refractivity contribution in [2.75, 3.05) is 19.0 Å². The lowest BCUT2D eigenvalue weighted by Gasteiger charge is -2.07. The molecule has 7 heteroatoms. The van der Waals surface area contributed by atoms with Gasteiger partial charge in [-0.25, -0.2) is 4.98 Å². The molecule has 0 aliphatic rings. The van der Waals surface area contributed by atoms with Gasteiger partial charge in [-0.3, -0.25) is 9.78 Å². The van der Waals surface area contributed by atoms with Crippen LogP contribution in [0.2, 0.25) is 0 Å². The molecular formula is C17H16N4O3. The Hall–Kier alpha value is -3.35. The zero-order chi connectivity index (χ0) is 16.8. The highest BCUT2D eigenvalue weighted by molar-refractivity contribution is 5.92. The molecule has 0 bridgehead atoms. The molecule has 3 rings (SSSR count). The first kappa shape index (κ1) is 15.5. The third kappa shape index (κ3) is 3.89. The minimum atomic E-state index is -0.287. The second kappa shape index (κ2) is 7.28. The van der Waals surface area contributed by atoms with Crippen molar-refractivity contribution in [2.24, 2.45) is 0 Å². The number of hydrogen-bond acceptors (Lipinski definition) is 5. The molecule has 2 heterocycles. The lowest BCUT2D eigenvalue weighted by Crippen LogP contribution is -2.20. The fourth-order valence-corrected chi connectivity index (χ4v) is 2.09. The quantitative estimate of drug-likeness (QED) is 0.727. The van der Waals surface area contributed by atoms with Crippen LogP contribution in [-0.4, -0.2) is 34.6 Å². The molecule has 0 spiro atoms. The van der Waals surface area contributed by atoms with Gasteiger partial charge in [-0.2, -0.15) is 0 Å². The zero-order valence-corrected chi connectivity index (χ0v) is 13.0. The minimum absolute atomic E-state index is 0.152. The topological polar surface area (TPSA) is 89.1 Å². The van der Waals surface area contributed by atoms with Gasteiger partial charge in [-0.15, -0.1) is 0 Å². The summed E-state index contributed by atoms with van der Waals surface area (Å²) < 4.78 is 10.5. The van der Waals surface area contributed by atoms with Crippen LogP contribution in [0, 0.1) is 0 Å². The van der Waals surface area contributed by atoms with E-state index in [2.05, 4.69) is 20.3 Å². The van der Waals surface area contributed by atoms with Crippen molar-refractivity contribution >= 4 is 11.6 Å². The normalized spacial score (nSPS) is 10.2. The number of ether oxygens (including phenoxy) is 2. The van der Waals surface area contributed by atoms with Crippen molar-refractivity contribution in [1.29, 1.82) is 0 Å². The maximum Gasteiger partial charge on any atom is 0.294 e. The van der Waals surface area contributed by atoms with Gasteiger partial charge in [0.25, 0.3) is 11.9 Å². The molecule has 0 atom stereocenters. The van der Waals surface area contributed by atoms with Gasteiger partial charge in [0, 0.05) is 29.7 Å². The van der Waals surface area contributed by atoms with Gasteiger partial charge in [0.15, 0.2) is 6.61 Å². The Bertz CT molecular complexity index is 817. The van der Waals surface area contributed by atoms with Crippen molar-refractivity contribution in [3.63, 3.8) is 0 Å². The number of aromatic nitrogens is 3. The van der Waals surface area contributed by atoms with Crippen molar-refractivity contribution in [3.8, 4) is 23.0 Å². The molecular weight excluding hydrogens is 308 g/mol. The molecule has 0 aliphatic carbocycles. The predicted octanol–water partition coefficient (Wildman–Crippen LogP) is 2.50. The minimum Gasteiger partial charge on any atom is -0.497 e. The molecule has 0 aliphatic heterocycles. The molecule has 2 aromatic heterocycles. The molecule has 24 heavy (non-hydrogen) atoms. The lowest BCUT2D eigenvalue weighted by molar-refractivity contribution is -0.118. The highest BCUT2D eigenvalue weighted by Crippen LogP contribution is 2.19. The number of anilines is 1. The summed E-state index contributed by atoms with van der Waals surface area (Å²) in [6, 6.07) is 11.1. The third-order valence-corrected chi connectivity index (χ3v) is 3.24. The number of carbonyl (C=O) groups is 1. The predicted molar refractivity (Wildman–Crippen MR) is 88.9 cm³/mol. The second-order valence-electron chi connectivity index (χ2n) is 4.91. The van der Waals surface area contributed by atoms with Crippen LogP contribution in [0.15, 0.2) is 55.0 Å². The number of pyridine rings is 1. The van der Waals surface area contributed by atoms with Crippen molar-refractivity contribution in [1.82, 2.24) is 15.0 Å². The summed E-state index contributed by atoms with van der Waals surface area (Å²) in [6.07, 6.45) is 5.03. The van der Waals surface area contributed by atoms with Gasteiger partial charge in [0.1, 0.15) is 5.75 Å². The lowest BCUT2D eigenvalue weighted by atomic mass is 10.2. The number of imidazole rings is 1. The SMILES string of the molecule is COc1cccc(NC(=O)COc2ncc(-c3ccncc3)[nH]2)c1. The monoisotopic (exact) mass is 324 g/mol. The third-order valence-electron chi connectivity index (χ3n) is 3.24.